The number of hydrogen-bond acceptors (Lipinski definition) is 2. The predicted octanol–water partition coefficient (Wildman–Crippen LogP) is 4.32. The zero-order chi connectivity index (χ0) is 15.4. The molecule has 0 N–H and O–H groups in total. The largest absolute Gasteiger partial charge is 0.462 e. The second-order valence-electron chi connectivity index (χ2n) is 4.91. The van der Waals surface area contributed by atoms with Gasteiger partial charge in [-0.05, 0) is 24.6 Å². The maximum absolute atomic E-state index is 12.2. The normalized spacial score (nSPS) is 10.4. The molecule has 1 aromatic heterocycles. The van der Waals surface area contributed by atoms with Gasteiger partial charge in [0.1, 0.15) is 0 Å². The second-order valence-corrected chi connectivity index (χ2v) is 4.91. The summed E-state index contributed by atoms with van der Waals surface area (Å²) in [5.41, 5.74) is 3.47. The van der Waals surface area contributed by atoms with Gasteiger partial charge in [-0.1, -0.05) is 48.5 Å². The lowest BCUT2D eigenvalue weighted by Crippen LogP contribution is -2.04. The quantitative estimate of drug-likeness (QED) is 0.670. The highest BCUT2D eigenvalue weighted by molar-refractivity contribution is 5.97. The van der Waals surface area contributed by atoms with Crippen LogP contribution >= 0.6 is 0 Å². The monoisotopic (exact) mass is 291 g/mol. The number of aromatic nitrogens is 1. The van der Waals surface area contributed by atoms with Gasteiger partial charge in [0.05, 0.1) is 12.2 Å². The molecule has 0 saturated heterocycles. The van der Waals surface area contributed by atoms with E-state index in [1.54, 1.807) is 0 Å². The minimum absolute atomic E-state index is 0.295. The molecule has 0 radical (unpaired) electrons. The van der Waals surface area contributed by atoms with Crippen molar-refractivity contribution >= 4 is 5.97 Å². The Morgan fingerprint density at radius 3 is 2.23 bits per heavy atom. The van der Waals surface area contributed by atoms with Crippen molar-refractivity contribution in [1.82, 2.24) is 4.57 Å². The molecule has 3 rings (SSSR count). The van der Waals surface area contributed by atoms with Gasteiger partial charge in [0.2, 0.25) is 0 Å². The van der Waals surface area contributed by atoms with Crippen LogP contribution in [0.4, 0.5) is 0 Å². The van der Waals surface area contributed by atoms with E-state index in [-0.39, 0.29) is 5.97 Å². The van der Waals surface area contributed by atoms with Crippen LogP contribution in [0.3, 0.4) is 0 Å². The van der Waals surface area contributed by atoms with Gasteiger partial charge in [-0.25, -0.2) is 4.79 Å². The van der Waals surface area contributed by atoms with Crippen LogP contribution < -0.4 is 0 Å². The first kappa shape index (κ1) is 14.1. The Morgan fingerprint density at radius 2 is 1.59 bits per heavy atom. The maximum Gasteiger partial charge on any atom is 0.340 e. The third-order valence-electron chi connectivity index (χ3n) is 3.46. The lowest BCUT2D eigenvalue weighted by Gasteiger charge is -2.03. The second kappa shape index (κ2) is 6.31. The number of carbonyl (C=O) groups excluding carboxylic acids is 1. The minimum atomic E-state index is -0.295. The van der Waals surface area contributed by atoms with Crippen LogP contribution in [0, 0.1) is 0 Å². The van der Waals surface area contributed by atoms with E-state index in [1.165, 1.54) is 0 Å². The number of nitrogens with zero attached hydrogens (tertiary/aromatic N) is 1. The molecule has 3 heteroatoms. The molecule has 0 amide bonds. The molecule has 0 bridgehead atoms. The van der Waals surface area contributed by atoms with Crippen LogP contribution in [0.2, 0.25) is 0 Å². The Labute approximate surface area is 129 Å². The third-order valence-corrected chi connectivity index (χ3v) is 3.46. The van der Waals surface area contributed by atoms with Gasteiger partial charge in [-0.3, -0.25) is 0 Å². The van der Waals surface area contributed by atoms with E-state index in [1.807, 2.05) is 84.5 Å². The minimum Gasteiger partial charge on any atom is -0.462 e. The molecule has 0 unspecified atom stereocenters. The van der Waals surface area contributed by atoms with Gasteiger partial charge in [0.15, 0.2) is 0 Å². The van der Waals surface area contributed by atoms with E-state index in [0.717, 1.165) is 16.8 Å². The summed E-state index contributed by atoms with van der Waals surface area (Å²) in [5.74, 6) is -0.295. The molecule has 0 aliphatic carbocycles. The highest BCUT2D eigenvalue weighted by Crippen LogP contribution is 2.27. The Bertz CT molecular complexity index is 761. The summed E-state index contributed by atoms with van der Waals surface area (Å²) in [6.07, 6.45) is 3.80. The van der Waals surface area contributed by atoms with Crippen LogP contribution in [0.1, 0.15) is 17.3 Å². The first-order valence-electron chi connectivity index (χ1n) is 7.29. The lowest BCUT2D eigenvalue weighted by molar-refractivity contribution is 0.0527. The molecule has 2 aromatic carbocycles. The van der Waals surface area contributed by atoms with Crippen LogP contribution in [0.15, 0.2) is 73.1 Å². The number of para-hydroxylation sites is 1. The molecule has 110 valence electrons. The first-order valence-corrected chi connectivity index (χ1v) is 7.29. The number of rotatable bonds is 4. The summed E-state index contributed by atoms with van der Waals surface area (Å²) < 4.78 is 7.14. The van der Waals surface area contributed by atoms with Gasteiger partial charge < -0.3 is 9.30 Å². The van der Waals surface area contributed by atoms with Gasteiger partial charge in [-0.15, -0.1) is 0 Å². The molecule has 0 saturated carbocycles. The molecule has 0 spiro atoms. The van der Waals surface area contributed by atoms with E-state index in [9.17, 15) is 4.79 Å². The van der Waals surface area contributed by atoms with Crippen molar-refractivity contribution in [3.8, 4) is 16.8 Å². The van der Waals surface area contributed by atoms with E-state index in [0.29, 0.717) is 12.2 Å². The summed E-state index contributed by atoms with van der Waals surface area (Å²) in [4.78, 5) is 12.2. The van der Waals surface area contributed by atoms with Crippen molar-refractivity contribution < 1.29 is 9.53 Å². The molecule has 0 fully saturated rings. The fourth-order valence-corrected chi connectivity index (χ4v) is 2.42. The van der Waals surface area contributed by atoms with Crippen molar-refractivity contribution in [3.63, 3.8) is 0 Å². The Hall–Kier alpha value is -2.81. The number of benzene rings is 2. The predicted molar refractivity (Wildman–Crippen MR) is 87.2 cm³/mol. The van der Waals surface area contributed by atoms with Crippen molar-refractivity contribution in [2.24, 2.45) is 0 Å². The highest BCUT2D eigenvalue weighted by atomic mass is 16.5. The molecular weight excluding hydrogens is 274 g/mol. The van der Waals surface area contributed by atoms with Gasteiger partial charge in [0, 0.05) is 23.6 Å². The smallest absolute Gasteiger partial charge is 0.340 e. The van der Waals surface area contributed by atoms with E-state index in [4.69, 9.17) is 4.74 Å². The molecule has 22 heavy (non-hydrogen) atoms. The first-order chi connectivity index (χ1) is 10.8. The molecule has 0 aliphatic rings. The molecular formula is C19H17NO2. The zero-order valence-electron chi connectivity index (χ0n) is 12.4. The number of carbonyl (C=O) groups is 1. The SMILES string of the molecule is CCOC(=O)c1cn(-c2ccccc2)cc1-c1ccccc1. The summed E-state index contributed by atoms with van der Waals surface area (Å²) in [6.45, 7) is 2.18. The number of hydrogen-bond donors (Lipinski definition) is 0. The Morgan fingerprint density at radius 1 is 0.955 bits per heavy atom. The third kappa shape index (κ3) is 2.79. The maximum atomic E-state index is 12.2. The highest BCUT2D eigenvalue weighted by Gasteiger charge is 2.17. The fourth-order valence-electron chi connectivity index (χ4n) is 2.42. The number of esters is 1. The Kier molecular flexibility index (Phi) is 4.05. The lowest BCUT2D eigenvalue weighted by atomic mass is 10.1. The summed E-state index contributed by atoms with van der Waals surface area (Å²) in [7, 11) is 0. The van der Waals surface area contributed by atoms with E-state index >= 15 is 0 Å². The number of ether oxygens (including phenoxy) is 1. The van der Waals surface area contributed by atoms with Crippen LogP contribution in [-0.4, -0.2) is 17.1 Å². The van der Waals surface area contributed by atoms with E-state index in [2.05, 4.69) is 0 Å². The van der Waals surface area contributed by atoms with Crippen LogP contribution in [-0.2, 0) is 4.74 Å². The van der Waals surface area contributed by atoms with Crippen molar-refractivity contribution in [2.75, 3.05) is 6.61 Å². The zero-order valence-corrected chi connectivity index (χ0v) is 12.4. The average molecular weight is 291 g/mol. The van der Waals surface area contributed by atoms with Crippen LogP contribution in [0.25, 0.3) is 16.8 Å². The van der Waals surface area contributed by atoms with Gasteiger partial charge >= 0.3 is 5.97 Å². The Balaban J connectivity index is 2.11. The molecule has 3 aromatic rings. The van der Waals surface area contributed by atoms with Crippen LogP contribution in [0.5, 0.6) is 0 Å². The fraction of sp³-hybridized carbons (Fsp3) is 0.105. The van der Waals surface area contributed by atoms with Crippen molar-refractivity contribution in [3.05, 3.63) is 78.6 Å². The molecule has 1 heterocycles. The molecule has 0 aliphatic heterocycles. The van der Waals surface area contributed by atoms with Gasteiger partial charge in [-0.2, -0.15) is 0 Å². The van der Waals surface area contributed by atoms with Crippen molar-refractivity contribution in [1.29, 1.82) is 0 Å². The average Bonchev–Trinajstić information content (AvgIpc) is 3.02. The summed E-state index contributed by atoms with van der Waals surface area (Å²) >= 11 is 0. The standard InChI is InChI=1S/C19H17NO2/c1-2-22-19(21)18-14-20(16-11-7-4-8-12-16)13-17(18)15-9-5-3-6-10-15/h3-14H,2H2,1H3. The van der Waals surface area contributed by atoms with Gasteiger partial charge in [0.25, 0.3) is 0 Å². The molecule has 3 nitrogen and oxygen atoms in total. The molecule has 0 atom stereocenters. The van der Waals surface area contributed by atoms with E-state index < -0.39 is 0 Å². The topological polar surface area (TPSA) is 31.2 Å². The van der Waals surface area contributed by atoms with Crippen molar-refractivity contribution in [2.45, 2.75) is 6.92 Å². The summed E-state index contributed by atoms with van der Waals surface area (Å²) in [5, 5.41) is 0. The summed E-state index contributed by atoms with van der Waals surface area (Å²) in [6, 6.07) is 19.8.